The maximum Gasteiger partial charge on any atom is 0.257 e. The molecule has 0 aliphatic heterocycles. The van der Waals surface area contributed by atoms with E-state index in [2.05, 4.69) is 10.6 Å². The van der Waals surface area contributed by atoms with E-state index in [0.29, 0.717) is 12.1 Å². The summed E-state index contributed by atoms with van der Waals surface area (Å²) in [5.41, 5.74) is -0.112. The van der Waals surface area contributed by atoms with Crippen molar-refractivity contribution in [1.82, 2.24) is 0 Å². The number of carbonyl (C=O) groups excluding carboxylic acids is 2. The summed E-state index contributed by atoms with van der Waals surface area (Å²) in [5, 5.41) is 4.81. The molecule has 2 amide bonds. The molecule has 3 aromatic rings. The van der Waals surface area contributed by atoms with Crippen LogP contribution in [0.1, 0.15) is 21.8 Å². The van der Waals surface area contributed by atoms with Crippen molar-refractivity contribution in [3.05, 3.63) is 94.0 Å². The third kappa shape index (κ3) is 4.85. The summed E-state index contributed by atoms with van der Waals surface area (Å²) in [6.45, 7) is 0. The van der Waals surface area contributed by atoms with E-state index in [9.17, 15) is 27.2 Å². The van der Waals surface area contributed by atoms with Gasteiger partial charge in [0.05, 0.1) is 22.2 Å². The summed E-state index contributed by atoms with van der Waals surface area (Å²) in [6, 6.07) is 9.36. The molecule has 1 saturated carbocycles. The second kappa shape index (κ2) is 9.09. The largest absolute Gasteiger partial charge is 0.326 e. The topological polar surface area (TPSA) is 58.2 Å². The molecule has 0 saturated heterocycles. The van der Waals surface area contributed by atoms with Gasteiger partial charge < -0.3 is 10.6 Å². The van der Waals surface area contributed by atoms with Crippen LogP contribution in [0, 0.1) is 29.2 Å². The average Bonchev–Trinajstić information content (AvgIpc) is 3.33. The van der Waals surface area contributed by atoms with Gasteiger partial charge in [0.2, 0.25) is 5.91 Å². The van der Waals surface area contributed by atoms with Crippen LogP contribution in [0.4, 0.5) is 28.9 Å². The number of hydrogen-bond acceptors (Lipinski definition) is 2. The number of benzene rings is 3. The molecule has 0 radical (unpaired) electrons. The van der Waals surface area contributed by atoms with Gasteiger partial charge in [0, 0.05) is 23.7 Å². The van der Waals surface area contributed by atoms with Crippen LogP contribution in [-0.2, 0) is 4.79 Å². The zero-order chi connectivity index (χ0) is 24.8. The van der Waals surface area contributed by atoms with Gasteiger partial charge in [-0.15, -0.1) is 23.2 Å². The molecule has 1 fully saturated rings. The molecule has 0 spiro atoms. The number of amides is 2. The second-order valence-electron chi connectivity index (χ2n) is 7.59. The summed E-state index contributed by atoms with van der Waals surface area (Å²) in [7, 11) is 0. The molecule has 2 atom stereocenters. The summed E-state index contributed by atoms with van der Waals surface area (Å²) < 4.78 is 52.5. The highest BCUT2D eigenvalue weighted by Gasteiger charge is 2.67. The zero-order valence-corrected chi connectivity index (χ0v) is 19.1. The lowest BCUT2D eigenvalue weighted by Gasteiger charge is -2.11. The van der Waals surface area contributed by atoms with Crippen molar-refractivity contribution < 1.29 is 27.2 Å². The maximum absolute atomic E-state index is 13.9. The van der Waals surface area contributed by atoms with Crippen LogP contribution in [0.3, 0.4) is 0 Å². The predicted molar refractivity (Wildman–Crippen MR) is 121 cm³/mol. The quantitative estimate of drug-likeness (QED) is 0.285. The lowest BCUT2D eigenvalue weighted by molar-refractivity contribution is -0.117. The first kappa shape index (κ1) is 24.3. The molecule has 11 heteroatoms. The van der Waals surface area contributed by atoms with Gasteiger partial charge in [0.15, 0.2) is 0 Å². The van der Waals surface area contributed by atoms with Crippen molar-refractivity contribution in [3.8, 4) is 0 Å². The van der Waals surface area contributed by atoms with Gasteiger partial charge in [-0.3, -0.25) is 9.59 Å². The molecular weight excluding hydrogens is 519 g/mol. The van der Waals surface area contributed by atoms with E-state index in [0.717, 1.165) is 24.3 Å². The number of hydrogen-bond donors (Lipinski definition) is 2. The molecule has 0 aromatic heterocycles. The minimum absolute atomic E-state index is 0.00147. The molecule has 4 nitrogen and oxygen atoms in total. The fraction of sp³-hybridized carbons (Fsp3) is 0.130. The summed E-state index contributed by atoms with van der Waals surface area (Å²) in [4.78, 5) is 25.4. The first-order valence-electron chi connectivity index (χ1n) is 9.68. The van der Waals surface area contributed by atoms with Crippen molar-refractivity contribution in [2.75, 3.05) is 10.6 Å². The first-order valence-corrected chi connectivity index (χ1v) is 10.8. The molecule has 0 heterocycles. The average molecular weight is 532 g/mol. The lowest BCUT2D eigenvalue weighted by Crippen LogP contribution is -2.18. The van der Waals surface area contributed by atoms with E-state index >= 15 is 0 Å². The van der Waals surface area contributed by atoms with Crippen LogP contribution in [0.15, 0.2) is 54.6 Å². The summed E-state index contributed by atoms with van der Waals surface area (Å²) in [5.74, 6) is -6.83. The van der Waals surface area contributed by atoms with Gasteiger partial charge in [0.25, 0.3) is 5.91 Å². The monoisotopic (exact) mass is 530 g/mol. The number of alkyl halides is 2. The third-order valence-electron chi connectivity index (χ3n) is 5.24. The Kier molecular flexibility index (Phi) is 6.50. The number of anilines is 2. The molecule has 176 valence electrons. The van der Waals surface area contributed by atoms with E-state index in [1.807, 2.05) is 0 Å². The highest BCUT2D eigenvalue weighted by atomic mass is 35.5. The molecular formula is C23H13Cl3F4N2O2. The second-order valence-corrected chi connectivity index (χ2v) is 9.45. The van der Waals surface area contributed by atoms with Gasteiger partial charge in [-0.25, -0.2) is 17.6 Å². The highest BCUT2D eigenvalue weighted by Crippen LogP contribution is 2.65. The Morgan fingerprint density at radius 1 is 0.824 bits per heavy atom. The first-order chi connectivity index (χ1) is 16.0. The van der Waals surface area contributed by atoms with Crippen LogP contribution in [0.5, 0.6) is 0 Å². The van der Waals surface area contributed by atoms with E-state index in [4.69, 9.17) is 34.8 Å². The molecule has 4 rings (SSSR count). The van der Waals surface area contributed by atoms with Crippen LogP contribution >= 0.6 is 34.8 Å². The van der Waals surface area contributed by atoms with Crippen LogP contribution in [-0.4, -0.2) is 16.1 Å². The molecule has 34 heavy (non-hydrogen) atoms. The Morgan fingerprint density at radius 3 is 2.15 bits per heavy atom. The molecule has 1 aliphatic carbocycles. The predicted octanol–water partition coefficient (Wildman–Crippen LogP) is 6.67. The Labute approximate surface area is 205 Å². The fourth-order valence-corrected chi connectivity index (χ4v) is 4.63. The Balaban J connectivity index is 1.52. The molecule has 2 unspecified atom stereocenters. The smallest absolute Gasteiger partial charge is 0.257 e. The van der Waals surface area contributed by atoms with Gasteiger partial charge in [-0.2, -0.15) is 0 Å². The highest BCUT2D eigenvalue weighted by molar-refractivity contribution is 6.53. The van der Waals surface area contributed by atoms with Crippen molar-refractivity contribution in [3.63, 3.8) is 0 Å². The number of carbonyl (C=O) groups is 2. The van der Waals surface area contributed by atoms with Gasteiger partial charge in [-0.05, 0) is 48.0 Å². The van der Waals surface area contributed by atoms with Crippen molar-refractivity contribution in [2.45, 2.75) is 10.3 Å². The van der Waals surface area contributed by atoms with Crippen LogP contribution < -0.4 is 10.6 Å². The number of nitrogens with one attached hydrogen (secondary N) is 2. The molecule has 3 aromatic carbocycles. The van der Waals surface area contributed by atoms with E-state index in [1.54, 1.807) is 0 Å². The normalized spacial score (nSPS) is 18.3. The summed E-state index contributed by atoms with van der Waals surface area (Å²) in [6.07, 6.45) is 0. The van der Waals surface area contributed by atoms with Crippen LogP contribution in [0.2, 0.25) is 5.02 Å². The van der Waals surface area contributed by atoms with Gasteiger partial charge in [0.1, 0.15) is 27.6 Å². The van der Waals surface area contributed by atoms with Crippen LogP contribution in [0.25, 0.3) is 0 Å². The van der Waals surface area contributed by atoms with Gasteiger partial charge >= 0.3 is 0 Å². The van der Waals surface area contributed by atoms with E-state index in [-0.39, 0.29) is 27.5 Å². The minimum Gasteiger partial charge on any atom is -0.326 e. The van der Waals surface area contributed by atoms with Crippen molar-refractivity contribution in [1.29, 1.82) is 0 Å². The lowest BCUT2D eigenvalue weighted by atomic mass is 10.1. The molecule has 0 bridgehead atoms. The fourth-order valence-electron chi connectivity index (χ4n) is 3.60. The number of halogens is 7. The minimum atomic E-state index is -1.60. The Hall–Kier alpha value is -2.81. The van der Waals surface area contributed by atoms with E-state index < -0.39 is 51.3 Å². The Morgan fingerprint density at radius 2 is 1.50 bits per heavy atom. The zero-order valence-electron chi connectivity index (χ0n) is 16.8. The van der Waals surface area contributed by atoms with Gasteiger partial charge in [-0.1, -0.05) is 11.6 Å². The number of rotatable bonds is 5. The summed E-state index contributed by atoms with van der Waals surface area (Å²) >= 11 is 18.5. The third-order valence-corrected chi connectivity index (χ3v) is 6.51. The van der Waals surface area contributed by atoms with Crippen molar-refractivity contribution >= 4 is 58.0 Å². The standard InChI is InChI=1S/C23H13Cl3F4N2O2/c24-16-3-2-14(9-15(16)21(33)32-18-4-1-11(27)8-17(18)30)31-22(34)20-19(23(20,25)26)10-5-12(28)7-13(29)6-10/h1-9,19-20H,(H,31,34)(H,32,33). The molecule has 1 aliphatic rings. The SMILES string of the molecule is O=C(Nc1ccc(F)cc1F)c1cc(NC(=O)C2C(c3cc(F)cc(F)c3)C2(Cl)Cl)ccc1Cl. The van der Waals surface area contributed by atoms with E-state index in [1.165, 1.54) is 18.2 Å². The van der Waals surface area contributed by atoms with Crippen molar-refractivity contribution in [2.24, 2.45) is 5.92 Å². The molecule has 2 N–H and O–H groups in total. The maximum atomic E-state index is 13.9. The Bertz CT molecular complexity index is 1300.